The van der Waals surface area contributed by atoms with Crippen LogP contribution in [-0.2, 0) is 0 Å². The number of fused-ring (bicyclic) bond motifs is 11. The normalized spacial score (nSPS) is 11.9. The van der Waals surface area contributed by atoms with Gasteiger partial charge in [-0.2, -0.15) is 0 Å². The molecule has 0 aliphatic rings. The fourth-order valence-corrected chi connectivity index (χ4v) is 11.3. The van der Waals surface area contributed by atoms with E-state index < -0.39 is 0 Å². The molecule has 10 aromatic carbocycles. The van der Waals surface area contributed by atoms with Crippen molar-refractivity contribution in [1.29, 1.82) is 0 Å². The number of nitrogens with zero attached hydrogens (tertiary/aromatic N) is 1. The molecule has 0 saturated carbocycles. The third-order valence-corrected chi connectivity index (χ3v) is 14.0. The molecule has 0 fully saturated rings. The molecule has 0 radical (unpaired) electrons. The van der Waals surface area contributed by atoms with Gasteiger partial charge in [-0.15, -0.1) is 22.7 Å². The largest absolute Gasteiger partial charge is 0.310 e. The maximum Gasteiger partial charge on any atom is 0.0540 e. The third-order valence-electron chi connectivity index (χ3n) is 11.6. The Morgan fingerprint density at radius 1 is 0.316 bits per heavy atom. The number of anilines is 3. The van der Waals surface area contributed by atoms with Crippen LogP contribution in [0.1, 0.15) is 0 Å². The van der Waals surface area contributed by atoms with Crippen molar-refractivity contribution in [2.24, 2.45) is 0 Å². The van der Waals surface area contributed by atoms with Gasteiger partial charge in [0.2, 0.25) is 0 Å². The molecule has 2 heterocycles. The minimum atomic E-state index is 1.12. The standard InChI is InChI=1S/C54H33NS2/c1-2-10-34(11-3-1)35-18-23-39(24-19-35)55(40-25-31-51-48(33-40)53-42-14-6-4-12-36(42)21-30-52(53)56-51)49-28-27-41(44-16-8-9-17-45(44)49)38-22-29-50-47(32-38)46-26-20-37-13-5-7-15-43(37)54(46)57-50/h1-33H. The average Bonchev–Trinajstić information content (AvgIpc) is 3.85. The summed E-state index contributed by atoms with van der Waals surface area (Å²) in [6.45, 7) is 0. The Labute approximate surface area is 337 Å². The molecule has 1 nitrogen and oxygen atoms in total. The molecule has 2 aromatic heterocycles. The van der Waals surface area contributed by atoms with Gasteiger partial charge in [-0.25, -0.2) is 0 Å². The van der Waals surface area contributed by atoms with Crippen molar-refractivity contribution in [1.82, 2.24) is 0 Å². The lowest BCUT2D eigenvalue weighted by atomic mass is 9.95. The highest BCUT2D eigenvalue weighted by atomic mass is 32.1. The van der Waals surface area contributed by atoms with Crippen LogP contribution >= 0.6 is 22.7 Å². The van der Waals surface area contributed by atoms with E-state index in [0.717, 1.165) is 17.1 Å². The van der Waals surface area contributed by atoms with Crippen LogP contribution in [0.4, 0.5) is 17.1 Å². The quantitative estimate of drug-likeness (QED) is 0.169. The number of hydrogen-bond acceptors (Lipinski definition) is 3. The van der Waals surface area contributed by atoms with Gasteiger partial charge < -0.3 is 4.90 Å². The Bertz CT molecular complexity index is 3520. The number of rotatable bonds is 5. The highest BCUT2D eigenvalue weighted by Crippen LogP contribution is 2.47. The predicted octanol–water partition coefficient (Wildman–Crippen LogP) is 16.7. The van der Waals surface area contributed by atoms with E-state index in [4.69, 9.17) is 0 Å². The number of thiophene rings is 2. The molecular weight excluding hydrogens is 727 g/mol. The van der Waals surface area contributed by atoms with Crippen LogP contribution in [-0.4, -0.2) is 0 Å². The summed E-state index contributed by atoms with van der Waals surface area (Å²) in [4.78, 5) is 2.45. The molecule has 0 amide bonds. The van der Waals surface area contributed by atoms with Crippen LogP contribution in [0.5, 0.6) is 0 Å². The van der Waals surface area contributed by atoms with Crippen LogP contribution in [0.15, 0.2) is 200 Å². The van der Waals surface area contributed by atoms with Crippen molar-refractivity contribution in [3.8, 4) is 22.3 Å². The highest BCUT2D eigenvalue weighted by molar-refractivity contribution is 7.27. The zero-order valence-electron chi connectivity index (χ0n) is 30.8. The van der Waals surface area contributed by atoms with Gasteiger partial charge in [0.25, 0.3) is 0 Å². The Morgan fingerprint density at radius 2 is 0.930 bits per heavy atom. The molecule has 0 bridgehead atoms. The van der Waals surface area contributed by atoms with Gasteiger partial charge in [0.05, 0.1) is 5.69 Å². The van der Waals surface area contributed by atoms with E-state index in [0.29, 0.717) is 0 Å². The smallest absolute Gasteiger partial charge is 0.0540 e. The van der Waals surface area contributed by atoms with Crippen molar-refractivity contribution in [3.05, 3.63) is 200 Å². The molecule has 266 valence electrons. The van der Waals surface area contributed by atoms with Gasteiger partial charge in [-0.05, 0) is 104 Å². The summed E-state index contributed by atoms with van der Waals surface area (Å²) in [5.74, 6) is 0. The van der Waals surface area contributed by atoms with E-state index in [9.17, 15) is 0 Å². The summed E-state index contributed by atoms with van der Waals surface area (Å²) in [5, 5.41) is 12.9. The first-order valence-electron chi connectivity index (χ1n) is 19.4. The van der Waals surface area contributed by atoms with Crippen molar-refractivity contribution in [2.45, 2.75) is 0 Å². The molecule has 0 unspecified atom stereocenters. The van der Waals surface area contributed by atoms with Crippen LogP contribution in [0.25, 0.3) is 94.9 Å². The summed E-state index contributed by atoms with van der Waals surface area (Å²) in [7, 11) is 0. The minimum Gasteiger partial charge on any atom is -0.310 e. The van der Waals surface area contributed by atoms with Crippen LogP contribution in [0, 0.1) is 0 Å². The first-order valence-corrected chi connectivity index (χ1v) is 21.0. The van der Waals surface area contributed by atoms with Gasteiger partial charge in [0, 0.05) is 57.1 Å². The molecule has 3 heteroatoms. The summed E-state index contributed by atoms with van der Waals surface area (Å²) >= 11 is 3.77. The van der Waals surface area contributed by atoms with Crippen molar-refractivity contribution in [2.75, 3.05) is 4.90 Å². The topological polar surface area (TPSA) is 3.24 Å². The average molecular weight is 760 g/mol. The molecular formula is C54H33NS2. The zero-order chi connectivity index (χ0) is 37.5. The van der Waals surface area contributed by atoms with E-state index >= 15 is 0 Å². The van der Waals surface area contributed by atoms with Crippen molar-refractivity contribution < 1.29 is 0 Å². The first kappa shape index (κ1) is 32.5. The lowest BCUT2D eigenvalue weighted by Gasteiger charge is -2.28. The van der Waals surface area contributed by atoms with E-state index in [1.54, 1.807) is 0 Å². The molecule has 0 saturated heterocycles. The van der Waals surface area contributed by atoms with E-state index in [-0.39, 0.29) is 0 Å². The van der Waals surface area contributed by atoms with E-state index in [1.807, 2.05) is 22.7 Å². The fourth-order valence-electron chi connectivity index (χ4n) is 8.94. The van der Waals surface area contributed by atoms with E-state index in [2.05, 4.69) is 205 Å². The minimum absolute atomic E-state index is 1.12. The molecule has 0 atom stereocenters. The Hall–Kier alpha value is -6.78. The first-order chi connectivity index (χ1) is 28.2. The van der Waals surface area contributed by atoms with Gasteiger partial charge in [0.15, 0.2) is 0 Å². The maximum absolute atomic E-state index is 2.45. The molecule has 0 aliphatic carbocycles. The Balaban J connectivity index is 1.06. The second-order valence-corrected chi connectivity index (χ2v) is 17.0. The Kier molecular flexibility index (Phi) is 7.34. The van der Waals surface area contributed by atoms with Gasteiger partial charge in [-0.1, -0.05) is 146 Å². The number of hydrogen-bond donors (Lipinski definition) is 0. The van der Waals surface area contributed by atoms with Gasteiger partial charge >= 0.3 is 0 Å². The van der Waals surface area contributed by atoms with Crippen LogP contribution in [0.2, 0.25) is 0 Å². The zero-order valence-corrected chi connectivity index (χ0v) is 32.4. The van der Waals surface area contributed by atoms with Crippen molar-refractivity contribution in [3.63, 3.8) is 0 Å². The Morgan fingerprint density at radius 3 is 1.77 bits per heavy atom. The summed E-state index contributed by atoms with van der Waals surface area (Å²) in [6.07, 6.45) is 0. The van der Waals surface area contributed by atoms with Crippen molar-refractivity contribution >= 4 is 112 Å². The molecule has 57 heavy (non-hydrogen) atoms. The SMILES string of the molecule is c1ccc(-c2ccc(N(c3ccc4sc5ccc6ccccc6c5c4c3)c3ccc(-c4ccc5sc6c7ccccc7ccc6c5c4)c4ccccc34)cc2)cc1. The molecule has 12 rings (SSSR count). The van der Waals surface area contributed by atoms with Gasteiger partial charge in [0.1, 0.15) is 0 Å². The predicted molar refractivity (Wildman–Crippen MR) is 250 cm³/mol. The summed E-state index contributed by atoms with van der Waals surface area (Å²) in [6, 6.07) is 74.0. The second-order valence-electron chi connectivity index (χ2n) is 14.8. The summed E-state index contributed by atoms with van der Waals surface area (Å²) < 4.78 is 5.30. The van der Waals surface area contributed by atoms with Crippen LogP contribution < -0.4 is 4.90 Å². The maximum atomic E-state index is 2.45. The monoisotopic (exact) mass is 759 g/mol. The van der Waals surface area contributed by atoms with Crippen LogP contribution in [0.3, 0.4) is 0 Å². The molecule has 0 N–H and O–H groups in total. The lowest BCUT2D eigenvalue weighted by Crippen LogP contribution is -2.10. The third kappa shape index (κ3) is 5.20. The summed E-state index contributed by atoms with van der Waals surface area (Å²) in [5.41, 5.74) is 8.30. The highest BCUT2D eigenvalue weighted by Gasteiger charge is 2.20. The second kappa shape index (κ2) is 12.9. The molecule has 0 aliphatic heterocycles. The van der Waals surface area contributed by atoms with Gasteiger partial charge in [-0.3, -0.25) is 0 Å². The molecule has 12 aromatic rings. The molecule has 0 spiro atoms. The number of benzene rings is 10. The fraction of sp³-hybridized carbons (Fsp3) is 0. The lowest BCUT2D eigenvalue weighted by molar-refractivity contribution is 1.30. The van der Waals surface area contributed by atoms with E-state index in [1.165, 1.54) is 94.9 Å².